The second kappa shape index (κ2) is 6.56. The minimum Gasteiger partial charge on any atom is -0.335 e. The second-order valence-electron chi connectivity index (χ2n) is 6.26. The van der Waals surface area contributed by atoms with Crippen LogP contribution in [0.2, 0.25) is 0 Å². The van der Waals surface area contributed by atoms with Gasteiger partial charge in [0, 0.05) is 30.9 Å². The Balaban J connectivity index is 2.17. The summed E-state index contributed by atoms with van der Waals surface area (Å²) in [5.41, 5.74) is 0.243. The zero-order valence-corrected chi connectivity index (χ0v) is 12.8. The van der Waals surface area contributed by atoms with Gasteiger partial charge in [-0.15, -0.1) is 0 Å². The van der Waals surface area contributed by atoms with E-state index in [0.717, 1.165) is 19.5 Å². The van der Waals surface area contributed by atoms with Crippen LogP contribution in [0.4, 0.5) is 0 Å². The molecule has 1 aliphatic heterocycles. The third-order valence-electron chi connectivity index (χ3n) is 4.62. The van der Waals surface area contributed by atoms with E-state index in [0.29, 0.717) is 5.92 Å². The lowest BCUT2D eigenvalue weighted by Crippen LogP contribution is -2.51. The summed E-state index contributed by atoms with van der Waals surface area (Å²) in [7, 11) is 0. The minimum absolute atomic E-state index is 0.243. The first-order chi connectivity index (χ1) is 9.18. The molecule has 0 aromatic carbocycles. The molecule has 0 aliphatic carbocycles. The Morgan fingerprint density at radius 2 is 2.21 bits per heavy atom. The maximum absolute atomic E-state index is 4.61. The van der Waals surface area contributed by atoms with Crippen LogP contribution in [0.3, 0.4) is 0 Å². The van der Waals surface area contributed by atoms with Crippen molar-refractivity contribution in [3.63, 3.8) is 0 Å². The van der Waals surface area contributed by atoms with Gasteiger partial charge < -0.3 is 9.88 Å². The summed E-state index contributed by atoms with van der Waals surface area (Å²) in [6, 6.07) is 0. The van der Waals surface area contributed by atoms with E-state index in [2.05, 4.69) is 41.8 Å². The molecule has 2 heterocycles. The van der Waals surface area contributed by atoms with Gasteiger partial charge in [-0.3, -0.25) is 0 Å². The molecule has 1 atom stereocenters. The molecule has 1 saturated heterocycles. The highest BCUT2D eigenvalue weighted by atomic mass is 15.1. The van der Waals surface area contributed by atoms with Gasteiger partial charge in [0.1, 0.15) is 5.82 Å². The highest BCUT2D eigenvalue weighted by Gasteiger charge is 2.35. The summed E-state index contributed by atoms with van der Waals surface area (Å²) in [6.07, 6.45) is 11.6. The molecule has 0 bridgehead atoms. The van der Waals surface area contributed by atoms with E-state index in [-0.39, 0.29) is 5.54 Å². The molecule has 108 valence electrons. The maximum atomic E-state index is 4.61. The van der Waals surface area contributed by atoms with E-state index in [1.807, 2.05) is 6.20 Å². The van der Waals surface area contributed by atoms with E-state index in [9.17, 15) is 0 Å². The molecule has 0 spiro atoms. The van der Waals surface area contributed by atoms with Crippen LogP contribution >= 0.6 is 0 Å². The van der Waals surface area contributed by atoms with Gasteiger partial charge >= 0.3 is 0 Å². The van der Waals surface area contributed by atoms with Crippen molar-refractivity contribution >= 4 is 0 Å². The molecule has 0 radical (unpaired) electrons. The second-order valence-corrected chi connectivity index (χ2v) is 6.26. The fourth-order valence-corrected chi connectivity index (χ4v) is 3.25. The molecular formula is C16H29N3. The Bertz CT molecular complexity index is 373. The molecule has 1 fully saturated rings. The van der Waals surface area contributed by atoms with Crippen LogP contribution in [-0.2, 0) is 13.0 Å². The summed E-state index contributed by atoms with van der Waals surface area (Å²) in [6.45, 7) is 9.18. The molecule has 1 N–H and O–H groups in total. The number of imidazole rings is 1. The van der Waals surface area contributed by atoms with E-state index < -0.39 is 0 Å². The van der Waals surface area contributed by atoms with Crippen LogP contribution in [0.1, 0.15) is 58.7 Å². The Hall–Kier alpha value is -0.830. The smallest absolute Gasteiger partial charge is 0.110 e. The fraction of sp³-hybridized carbons (Fsp3) is 0.812. The topological polar surface area (TPSA) is 29.9 Å². The van der Waals surface area contributed by atoms with Gasteiger partial charge in [-0.05, 0) is 31.7 Å². The summed E-state index contributed by atoms with van der Waals surface area (Å²) < 4.78 is 2.33. The number of hydrogen-bond donors (Lipinski definition) is 1. The number of hydrogen-bond acceptors (Lipinski definition) is 2. The molecule has 1 aromatic heterocycles. The van der Waals surface area contributed by atoms with Crippen LogP contribution < -0.4 is 5.32 Å². The molecule has 1 unspecified atom stereocenters. The molecule has 0 saturated carbocycles. The van der Waals surface area contributed by atoms with Crippen molar-refractivity contribution in [2.75, 3.05) is 6.54 Å². The fourth-order valence-electron chi connectivity index (χ4n) is 3.25. The molecular weight excluding hydrogens is 234 g/mol. The van der Waals surface area contributed by atoms with E-state index in [1.165, 1.54) is 37.9 Å². The quantitative estimate of drug-likeness (QED) is 0.882. The van der Waals surface area contributed by atoms with Gasteiger partial charge in [0.15, 0.2) is 0 Å². The molecule has 0 amide bonds. The predicted octanol–water partition coefficient (Wildman–Crippen LogP) is 3.39. The average molecular weight is 263 g/mol. The number of nitrogens with zero attached hydrogens (tertiary/aromatic N) is 2. The maximum Gasteiger partial charge on any atom is 0.110 e. The van der Waals surface area contributed by atoms with E-state index in [4.69, 9.17) is 0 Å². The van der Waals surface area contributed by atoms with E-state index >= 15 is 0 Å². The zero-order chi connectivity index (χ0) is 13.7. The number of nitrogens with one attached hydrogen (secondary N) is 1. The van der Waals surface area contributed by atoms with Crippen LogP contribution in [0, 0.1) is 5.92 Å². The number of aromatic nitrogens is 2. The van der Waals surface area contributed by atoms with Crippen molar-refractivity contribution in [3.8, 4) is 0 Å². The van der Waals surface area contributed by atoms with Gasteiger partial charge in [-0.2, -0.15) is 0 Å². The Morgan fingerprint density at radius 3 is 2.95 bits per heavy atom. The van der Waals surface area contributed by atoms with Crippen molar-refractivity contribution in [3.05, 3.63) is 18.2 Å². The highest BCUT2D eigenvalue weighted by Crippen LogP contribution is 2.30. The first kappa shape index (κ1) is 14.6. The first-order valence-corrected chi connectivity index (χ1v) is 7.93. The van der Waals surface area contributed by atoms with Gasteiger partial charge in [0.25, 0.3) is 0 Å². The summed E-state index contributed by atoms with van der Waals surface area (Å²) in [5, 5.41) is 3.85. The molecule has 1 aromatic rings. The number of aryl methyl sites for hydroxylation is 1. The van der Waals surface area contributed by atoms with Crippen molar-refractivity contribution in [1.82, 2.24) is 14.9 Å². The monoisotopic (exact) mass is 263 g/mol. The van der Waals surface area contributed by atoms with Crippen LogP contribution in [0.25, 0.3) is 0 Å². The molecule has 1 aliphatic rings. The van der Waals surface area contributed by atoms with Crippen LogP contribution in [0.15, 0.2) is 12.4 Å². The van der Waals surface area contributed by atoms with Crippen molar-refractivity contribution in [1.29, 1.82) is 0 Å². The van der Waals surface area contributed by atoms with Gasteiger partial charge in [0.05, 0.1) is 0 Å². The van der Waals surface area contributed by atoms with Crippen molar-refractivity contribution < 1.29 is 0 Å². The Morgan fingerprint density at radius 1 is 1.37 bits per heavy atom. The molecule has 19 heavy (non-hydrogen) atoms. The molecule has 3 nitrogen and oxygen atoms in total. The zero-order valence-electron chi connectivity index (χ0n) is 12.8. The lowest BCUT2D eigenvalue weighted by atomic mass is 9.79. The third kappa shape index (κ3) is 3.38. The van der Waals surface area contributed by atoms with Gasteiger partial charge in [0.2, 0.25) is 0 Å². The summed E-state index contributed by atoms with van der Waals surface area (Å²) in [5.74, 6) is 1.90. The van der Waals surface area contributed by atoms with E-state index in [1.54, 1.807) is 0 Å². The normalized spacial score (nSPS) is 24.6. The largest absolute Gasteiger partial charge is 0.335 e. The van der Waals surface area contributed by atoms with Crippen LogP contribution in [0.5, 0.6) is 0 Å². The number of rotatable bonds is 5. The third-order valence-corrected chi connectivity index (χ3v) is 4.62. The standard InChI is InChI=1S/C16H29N3/c1-4-11-19-12-10-17-15(19)13-16(14(2)3)8-6-5-7-9-18-16/h10,12,14,18H,4-9,11,13H2,1-3H3. The molecule has 2 rings (SSSR count). The van der Waals surface area contributed by atoms with Gasteiger partial charge in [-0.1, -0.05) is 33.6 Å². The minimum atomic E-state index is 0.243. The van der Waals surface area contributed by atoms with Crippen molar-refractivity contribution in [2.45, 2.75) is 71.4 Å². The Kier molecular flexibility index (Phi) is 5.03. The van der Waals surface area contributed by atoms with Crippen molar-refractivity contribution in [2.24, 2.45) is 5.92 Å². The predicted molar refractivity (Wildman–Crippen MR) is 80.3 cm³/mol. The highest BCUT2D eigenvalue weighted by molar-refractivity contribution is 5.04. The molecule has 3 heteroatoms. The Labute approximate surface area is 117 Å². The van der Waals surface area contributed by atoms with Gasteiger partial charge in [-0.25, -0.2) is 4.98 Å². The lowest BCUT2D eigenvalue weighted by molar-refractivity contribution is 0.220. The average Bonchev–Trinajstić information content (AvgIpc) is 2.66. The SMILES string of the molecule is CCCn1ccnc1CC1(C(C)C)CCCCCN1. The summed E-state index contributed by atoms with van der Waals surface area (Å²) in [4.78, 5) is 4.61. The van der Waals surface area contributed by atoms with Crippen LogP contribution in [-0.4, -0.2) is 21.6 Å². The summed E-state index contributed by atoms with van der Waals surface area (Å²) >= 11 is 0. The lowest BCUT2D eigenvalue weighted by Gasteiger charge is -2.38. The first-order valence-electron chi connectivity index (χ1n) is 7.93.